The van der Waals surface area contributed by atoms with Crippen LogP contribution in [-0.4, -0.2) is 23.0 Å². The van der Waals surface area contributed by atoms with E-state index in [-0.39, 0.29) is 12.0 Å². The van der Waals surface area contributed by atoms with Gasteiger partial charge < -0.3 is 16.2 Å². The highest BCUT2D eigenvalue weighted by atomic mass is 35.5. The van der Waals surface area contributed by atoms with E-state index < -0.39 is 17.9 Å². The second-order valence-corrected chi connectivity index (χ2v) is 7.06. The molecule has 1 aliphatic rings. The quantitative estimate of drug-likeness (QED) is 0.656. The van der Waals surface area contributed by atoms with E-state index in [2.05, 4.69) is 5.32 Å². The Bertz CT molecular complexity index is 957. The molecule has 0 radical (unpaired) electrons. The number of hydrogen-bond donors (Lipinski definition) is 3. The van der Waals surface area contributed by atoms with Crippen molar-refractivity contribution in [2.75, 3.05) is 5.32 Å². The molecule has 1 atom stereocenters. The van der Waals surface area contributed by atoms with Gasteiger partial charge in [0.15, 0.2) is 0 Å². The number of carbonyl (C=O) groups excluding carboxylic acids is 1. The zero-order valence-electron chi connectivity index (χ0n) is 13.2. The van der Waals surface area contributed by atoms with E-state index in [1.54, 1.807) is 30.3 Å². The third kappa shape index (κ3) is 3.51. The van der Waals surface area contributed by atoms with Gasteiger partial charge in [0, 0.05) is 27.7 Å². The number of fused-ring (bicyclic) bond motifs is 1. The minimum Gasteiger partial charge on any atom is -0.480 e. The number of halogens is 3. The van der Waals surface area contributed by atoms with Crippen molar-refractivity contribution in [1.29, 1.82) is 0 Å². The number of hydrogen-bond acceptors (Lipinski definition) is 3. The minimum atomic E-state index is -1.07. The first kappa shape index (κ1) is 18.6. The van der Waals surface area contributed by atoms with Crippen molar-refractivity contribution < 1.29 is 14.7 Å². The molecule has 8 heteroatoms. The third-order valence-corrected chi connectivity index (χ3v) is 4.81. The third-order valence-electron chi connectivity index (χ3n) is 4.05. The number of benzene rings is 2. The van der Waals surface area contributed by atoms with Crippen LogP contribution in [0.2, 0.25) is 15.1 Å². The second-order valence-electron chi connectivity index (χ2n) is 5.78. The number of aliphatic carboxylic acids is 1. The van der Waals surface area contributed by atoms with Crippen LogP contribution in [-0.2, 0) is 9.59 Å². The van der Waals surface area contributed by atoms with E-state index in [0.717, 1.165) is 0 Å². The van der Waals surface area contributed by atoms with Crippen molar-refractivity contribution in [2.24, 2.45) is 5.73 Å². The maximum absolute atomic E-state index is 12.3. The summed E-state index contributed by atoms with van der Waals surface area (Å²) < 4.78 is 0. The molecule has 4 N–H and O–H groups in total. The Morgan fingerprint density at radius 3 is 2.46 bits per heavy atom. The number of carboxylic acid groups (broad SMARTS) is 1. The number of primary amides is 1. The molecule has 134 valence electrons. The summed E-state index contributed by atoms with van der Waals surface area (Å²) in [7, 11) is 0. The number of anilines is 1. The molecule has 1 heterocycles. The number of nitrogens with two attached hydrogens (primary N) is 1. The highest BCUT2D eigenvalue weighted by Gasteiger charge is 2.32. The number of rotatable bonds is 3. The normalized spacial score (nSPS) is 17.9. The van der Waals surface area contributed by atoms with Crippen molar-refractivity contribution in [3.05, 3.63) is 62.6 Å². The Morgan fingerprint density at radius 1 is 1.12 bits per heavy atom. The minimum absolute atomic E-state index is 0.0223. The Labute approximate surface area is 164 Å². The van der Waals surface area contributed by atoms with Crippen molar-refractivity contribution in [3.8, 4) is 0 Å². The molecule has 1 aliphatic heterocycles. The fourth-order valence-electron chi connectivity index (χ4n) is 3.02. The number of carbonyl (C=O) groups is 2. The molecule has 26 heavy (non-hydrogen) atoms. The lowest BCUT2D eigenvalue weighted by Gasteiger charge is -2.29. The SMILES string of the molecule is NC(=O)/C(=C1/CC(C(=O)O)Nc2cc(Cl)cc(Cl)c21)c1cccc(Cl)c1. The molecular formula is C18H13Cl3N2O3. The standard InChI is InChI=1S/C18H13Cl3N2O3/c19-9-3-1-2-8(4-9)15(17(22)24)11-7-14(18(25)26)23-13-6-10(20)5-12(21)16(11)13/h1-6,14,23H,7H2,(H2,22,24)(H,25,26)/b15-11-. The molecular weight excluding hydrogens is 399 g/mol. The highest BCUT2D eigenvalue weighted by molar-refractivity contribution is 6.38. The van der Waals surface area contributed by atoms with Gasteiger partial charge in [-0.1, -0.05) is 46.9 Å². The van der Waals surface area contributed by atoms with Crippen LogP contribution in [0.15, 0.2) is 36.4 Å². The van der Waals surface area contributed by atoms with Crippen LogP contribution in [0.25, 0.3) is 11.1 Å². The molecule has 2 aromatic rings. The van der Waals surface area contributed by atoms with Crippen LogP contribution in [0.1, 0.15) is 17.5 Å². The van der Waals surface area contributed by atoms with Crippen molar-refractivity contribution in [3.63, 3.8) is 0 Å². The summed E-state index contributed by atoms with van der Waals surface area (Å²) in [6.45, 7) is 0. The molecule has 0 aliphatic carbocycles. The van der Waals surface area contributed by atoms with Crippen molar-refractivity contribution in [2.45, 2.75) is 12.5 Å². The van der Waals surface area contributed by atoms with Gasteiger partial charge in [-0.15, -0.1) is 0 Å². The average molecular weight is 412 g/mol. The second kappa shape index (κ2) is 7.19. The fraction of sp³-hybridized carbons (Fsp3) is 0.111. The number of amides is 1. The molecule has 1 unspecified atom stereocenters. The first-order valence-electron chi connectivity index (χ1n) is 7.55. The largest absolute Gasteiger partial charge is 0.480 e. The maximum Gasteiger partial charge on any atom is 0.326 e. The highest BCUT2D eigenvalue weighted by Crippen LogP contribution is 2.44. The molecule has 1 amide bonds. The van der Waals surface area contributed by atoms with Gasteiger partial charge in [0.2, 0.25) is 5.91 Å². The van der Waals surface area contributed by atoms with Crippen LogP contribution in [0.3, 0.4) is 0 Å². The van der Waals surface area contributed by atoms with Crippen LogP contribution in [0.4, 0.5) is 5.69 Å². The Morgan fingerprint density at radius 2 is 1.85 bits per heavy atom. The summed E-state index contributed by atoms with van der Waals surface area (Å²) in [5.74, 6) is -1.77. The monoisotopic (exact) mass is 410 g/mol. The summed E-state index contributed by atoms with van der Waals surface area (Å²) >= 11 is 18.4. The Balaban J connectivity index is 2.34. The smallest absolute Gasteiger partial charge is 0.326 e. The van der Waals surface area contributed by atoms with E-state index in [1.165, 1.54) is 6.07 Å². The summed E-state index contributed by atoms with van der Waals surface area (Å²) in [4.78, 5) is 23.8. The number of nitrogens with one attached hydrogen (secondary N) is 1. The average Bonchev–Trinajstić information content (AvgIpc) is 2.53. The van der Waals surface area contributed by atoms with Gasteiger partial charge in [-0.25, -0.2) is 4.79 Å². The summed E-state index contributed by atoms with van der Waals surface area (Å²) in [6.07, 6.45) is 0.0223. The van der Waals surface area contributed by atoms with Gasteiger partial charge in [0.05, 0.1) is 10.6 Å². The van der Waals surface area contributed by atoms with Gasteiger partial charge in [-0.05, 0) is 35.4 Å². The number of carboxylic acids is 1. The van der Waals surface area contributed by atoms with Gasteiger partial charge in [-0.2, -0.15) is 0 Å². The molecule has 0 saturated heterocycles. The predicted octanol–water partition coefficient (Wildman–Crippen LogP) is 4.31. The maximum atomic E-state index is 12.3. The summed E-state index contributed by atoms with van der Waals surface area (Å²) in [5, 5.41) is 13.4. The van der Waals surface area contributed by atoms with Gasteiger partial charge in [0.25, 0.3) is 0 Å². The van der Waals surface area contributed by atoms with Gasteiger partial charge >= 0.3 is 5.97 Å². The summed E-state index contributed by atoms with van der Waals surface area (Å²) in [6, 6.07) is 8.76. The lowest BCUT2D eigenvalue weighted by molar-refractivity contribution is -0.137. The van der Waals surface area contributed by atoms with Crippen molar-refractivity contribution >= 4 is 63.5 Å². The van der Waals surface area contributed by atoms with Crippen LogP contribution >= 0.6 is 34.8 Å². The van der Waals surface area contributed by atoms with E-state index in [1.807, 2.05) is 0 Å². The van der Waals surface area contributed by atoms with Gasteiger partial charge in [0.1, 0.15) is 6.04 Å². The van der Waals surface area contributed by atoms with E-state index in [4.69, 9.17) is 40.5 Å². The van der Waals surface area contributed by atoms with E-state index in [0.29, 0.717) is 37.5 Å². The van der Waals surface area contributed by atoms with Crippen LogP contribution in [0.5, 0.6) is 0 Å². The first-order valence-corrected chi connectivity index (χ1v) is 8.69. The summed E-state index contributed by atoms with van der Waals surface area (Å²) in [5.41, 5.74) is 7.66. The van der Waals surface area contributed by atoms with Gasteiger partial charge in [-0.3, -0.25) is 4.79 Å². The lowest BCUT2D eigenvalue weighted by atomic mass is 9.86. The van der Waals surface area contributed by atoms with E-state index in [9.17, 15) is 14.7 Å². The zero-order chi connectivity index (χ0) is 19.0. The molecule has 0 bridgehead atoms. The molecule has 3 rings (SSSR count). The topological polar surface area (TPSA) is 92.4 Å². The van der Waals surface area contributed by atoms with Crippen molar-refractivity contribution in [1.82, 2.24) is 0 Å². The molecule has 5 nitrogen and oxygen atoms in total. The predicted molar refractivity (Wildman–Crippen MR) is 104 cm³/mol. The molecule has 0 saturated carbocycles. The lowest BCUT2D eigenvalue weighted by Crippen LogP contribution is -2.33. The zero-order valence-corrected chi connectivity index (χ0v) is 15.5. The van der Waals surface area contributed by atoms with Crippen LogP contribution < -0.4 is 11.1 Å². The first-order chi connectivity index (χ1) is 12.3. The molecule has 0 spiro atoms. The molecule has 2 aromatic carbocycles. The Hall–Kier alpha value is -2.21. The van der Waals surface area contributed by atoms with Crippen LogP contribution in [0, 0.1) is 0 Å². The Kier molecular flexibility index (Phi) is 5.14. The fourth-order valence-corrected chi connectivity index (χ4v) is 3.82. The molecule has 0 fully saturated rings. The van der Waals surface area contributed by atoms with E-state index >= 15 is 0 Å². The molecule has 0 aromatic heterocycles.